The molecule has 1 heterocycles. The molecule has 138 valence electrons. The van der Waals surface area contributed by atoms with Crippen LogP contribution in [0.25, 0.3) is 6.08 Å². The van der Waals surface area contributed by atoms with E-state index in [1.165, 1.54) is 7.11 Å². The number of hydrogen-bond donors (Lipinski definition) is 1. The lowest BCUT2D eigenvalue weighted by Gasteiger charge is -2.16. The fourth-order valence-electron chi connectivity index (χ4n) is 2.44. The number of rotatable bonds is 5. The Morgan fingerprint density at radius 2 is 1.89 bits per heavy atom. The van der Waals surface area contributed by atoms with Crippen LogP contribution in [0.15, 0.2) is 53.4 Å². The average molecular weight is 403 g/mol. The van der Waals surface area contributed by atoms with E-state index in [0.29, 0.717) is 21.2 Å². The van der Waals surface area contributed by atoms with Crippen LogP contribution in [0, 0.1) is 0 Å². The number of esters is 1. The summed E-state index contributed by atoms with van der Waals surface area (Å²) in [6.45, 7) is -0.0589. The van der Waals surface area contributed by atoms with Crippen molar-refractivity contribution >= 4 is 52.2 Å². The number of para-hydroxylation sites is 1. The van der Waals surface area contributed by atoms with E-state index >= 15 is 0 Å². The molecule has 2 amide bonds. The predicted octanol–water partition coefficient (Wildman–Crippen LogP) is 4.23. The van der Waals surface area contributed by atoms with E-state index in [4.69, 9.17) is 16.3 Å². The van der Waals surface area contributed by atoms with Crippen molar-refractivity contribution in [3.05, 3.63) is 69.6 Å². The Bertz CT molecular complexity index is 928. The average Bonchev–Trinajstić information content (AvgIpc) is 2.94. The van der Waals surface area contributed by atoms with Gasteiger partial charge >= 0.3 is 5.97 Å². The highest BCUT2D eigenvalue weighted by atomic mass is 35.5. The highest BCUT2D eigenvalue weighted by Crippen LogP contribution is 2.32. The maximum atomic E-state index is 12.5. The Kier molecular flexibility index (Phi) is 5.83. The number of thioether (sulfide) groups is 1. The van der Waals surface area contributed by atoms with E-state index in [0.717, 1.165) is 22.2 Å². The van der Waals surface area contributed by atoms with Crippen LogP contribution in [0.3, 0.4) is 0 Å². The third-order valence-electron chi connectivity index (χ3n) is 3.80. The molecular weight excluding hydrogens is 388 g/mol. The van der Waals surface area contributed by atoms with Crippen LogP contribution >= 0.6 is 23.4 Å². The van der Waals surface area contributed by atoms with E-state index in [1.807, 2.05) is 0 Å². The molecule has 0 radical (unpaired) electrons. The summed E-state index contributed by atoms with van der Waals surface area (Å²) in [7, 11) is 1.29. The van der Waals surface area contributed by atoms with Gasteiger partial charge in [0.1, 0.15) is 0 Å². The van der Waals surface area contributed by atoms with Crippen LogP contribution in [0.1, 0.15) is 15.9 Å². The molecule has 0 saturated carbocycles. The number of benzene rings is 2. The molecule has 27 heavy (non-hydrogen) atoms. The topological polar surface area (TPSA) is 75.7 Å². The fraction of sp³-hybridized carbons (Fsp3) is 0.105. The zero-order valence-electron chi connectivity index (χ0n) is 14.3. The molecule has 0 aromatic heterocycles. The predicted molar refractivity (Wildman–Crippen MR) is 106 cm³/mol. The summed E-state index contributed by atoms with van der Waals surface area (Å²) in [6, 6.07) is 13.7. The van der Waals surface area contributed by atoms with E-state index in [9.17, 15) is 14.4 Å². The van der Waals surface area contributed by atoms with Crippen molar-refractivity contribution in [2.45, 2.75) is 0 Å². The normalized spacial score (nSPS) is 15.3. The molecule has 0 spiro atoms. The van der Waals surface area contributed by atoms with Crippen molar-refractivity contribution in [1.82, 2.24) is 4.90 Å². The SMILES string of the molecule is COC(=O)c1ccccc1NCN1C(=O)S/C(=C/c2ccc(Cl)cc2)C1=O. The van der Waals surface area contributed by atoms with E-state index in [2.05, 4.69) is 5.32 Å². The number of halogens is 1. The van der Waals surface area contributed by atoms with Crippen LogP contribution in [-0.2, 0) is 9.53 Å². The molecule has 0 unspecified atom stereocenters. The van der Waals surface area contributed by atoms with Crippen LogP contribution in [-0.4, -0.2) is 35.8 Å². The van der Waals surface area contributed by atoms with Crippen LogP contribution in [0.5, 0.6) is 0 Å². The van der Waals surface area contributed by atoms with Crippen LogP contribution in [0.4, 0.5) is 10.5 Å². The van der Waals surface area contributed by atoms with Crippen molar-refractivity contribution in [3.8, 4) is 0 Å². The summed E-state index contributed by atoms with van der Waals surface area (Å²) >= 11 is 6.72. The molecule has 1 aliphatic rings. The van der Waals surface area contributed by atoms with Crippen molar-refractivity contribution in [1.29, 1.82) is 0 Å². The highest BCUT2D eigenvalue weighted by molar-refractivity contribution is 8.18. The molecule has 1 N–H and O–H groups in total. The second kappa shape index (κ2) is 8.28. The smallest absolute Gasteiger partial charge is 0.339 e. The lowest BCUT2D eigenvalue weighted by molar-refractivity contribution is -0.122. The first-order chi connectivity index (χ1) is 13.0. The Morgan fingerprint density at radius 3 is 2.59 bits per heavy atom. The summed E-state index contributed by atoms with van der Waals surface area (Å²) in [6.07, 6.45) is 1.64. The Balaban J connectivity index is 1.73. The maximum absolute atomic E-state index is 12.5. The van der Waals surface area contributed by atoms with Gasteiger partial charge in [0.15, 0.2) is 0 Å². The Morgan fingerprint density at radius 1 is 1.19 bits per heavy atom. The number of methoxy groups -OCH3 is 1. The van der Waals surface area contributed by atoms with Crippen molar-refractivity contribution < 1.29 is 19.1 Å². The standard InChI is InChI=1S/C19H15ClN2O4S/c1-26-18(24)14-4-2-3-5-15(14)21-11-22-17(23)16(27-19(22)25)10-12-6-8-13(20)9-7-12/h2-10,21H,11H2,1H3/b16-10+. The minimum absolute atomic E-state index is 0.0589. The first kappa shape index (κ1) is 19.0. The largest absolute Gasteiger partial charge is 0.465 e. The molecule has 1 aliphatic heterocycles. The van der Waals surface area contributed by atoms with E-state index < -0.39 is 11.9 Å². The quantitative estimate of drug-likeness (QED) is 0.595. The molecule has 0 bridgehead atoms. The zero-order valence-corrected chi connectivity index (χ0v) is 15.8. The number of nitrogens with zero attached hydrogens (tertiary/aromatic N) is 1. The molecule has 3 rings (SSSR count). The van der Waals surface area contributed by atoms with Gasteiger partial charge < -0.3 is 10.1 Å². The number of anilines is 1. The number of nitrogens with one attached hydrogen (secondary N) is 1. The summed E-state index contributed by atoms with van der Waals surface area (Å²) in [5.41, 5.74) is 1.57. The molecule has 2 aromatic rings. The molecular formula is C19H15ClN2O4S. The van der Waals surface area contributed by atoms with E-state index in [1.54, 1.807) is 54.6 Å². The number of hydrogen-bond acceptors (Lipinski definition) is 6. The monoisotopic (exact) mass is 402 g/mol. The van der Waals surface area contributed by atoms with Gasteiger partial charge in [-0.15, -0.1) is 0 Å². The molecule has 0 aliphatic carbocycles. The van der Waals surface area contributed by atoms with Crippen molar-refractivity contribution in [3.63, 3.8) is 0 Å². The molecule has 2 aromatic carbocycles. The van der Waals surface area contributed by atoms with Gasteiger partial charge in [-0.2, -0.15) is 0 Å². The lowest BCUT2D eigenvalue weighted by atomic mass is 10.2. The number of carbonyl (C=O) groups excluding carboxylic acids is 3. The van der Waals surface area contributed by atoms with Crippen molar-refractivity contribution in [2.75, 3.05) is 19.1 Å². The second-order valence-electron chi connectivity index (χ2n) is 5.53. The van der Waals surface area contributed by atoms with Crippen LogP contribution < -0.4 is 5.32 Å². The summed E-state index contributed by atoms with van der Waals surface area (Å²) < 4.78 is 4.73. The first-order valence-corrected chi connectivity index (χ1v) is 9.11. The molecule has 1 saturated heterocycles. The second-order valence-corrected chi connectivity index (χ2v) is 6.96. The van der Waals surface area contributed by atoms with Gasteiger partial charge in [0.25, 0.3) is 11.1 Å². The zero-order chi connectivity index (χ0) is 19.4. The molecule has 8 heteroatoms. The number of imide groups is 1. The summed E-state index contributed by atoms with van der Waals surface area (Å²) in [4.78, 5) is 38.0. The van der Waals surface area contributed by atoms with Gasteiger partial charge in [-0.3, -0.25) is 14.5 Å². The van der Waals surface area contributed by atoms with Gasteiger partial charge in [-0.05, 0) is 47.7 Å². The molecule has 1 fully saturated rings. The fourth-order valence-corrected chi connectivity index (χ4v) is 3.40. The summed E-state index contributed by atoms with van der Waals surface area (Å²) in [5, 5.41) is 3.15. The Labute approximate surface area is 165 Å². The third-order valence-corrected chi connectivity index (χ3v) is 4.96. The van der Waals surface area contributed by atoms with Gasteiger partial charge in [-0.25, -0.2) is 4.79 Å². The number of carbonyl (C=O) groups is 3. The minimum atomic E-state index is -0.505. The van der Waals surface area contributed by atoms with Gasteiger partial charge in [0, 0.05) is 5.02 Å². The third kappa shape index (κ3) is 4.32. The van der Waals surface area contributed by atoms with Crippen molar-refractivity contribution in [2.24, 2.45) is 0 Å². The Hall–Kier alpha value is -2.77. The van der Waals surface area contributed by atoms with Gasteiger partial charge in [-0.1, -0.05) is 35.9 Å². The highest BCUT2D eigenvalue weighted by Gasteiger charge is 2.35. The number of amides is 2. The van der Waals surface area contributed by atoms with Gasteiger partial charge in [0.05, 0.1) is 29.9 Å². The first-order valence-electron chi connectivity index (χ1n) is 7.92. The number of ether oxygens (including phenoxy) is 1. The minimum Gasteiger partial charge on any atom is -0.465 e. The maximum Gasteiger partial charge on any atom is 0.339 e. The molecule has 6 nitrogen and oxygen atoms in total. The molecule has 0 atom stereocenters. The van der Waals surface area contributed by atoms with Crippen LogP contribution in [0.2, 0.25) is 5.02 Å². The summed E-state index contributed by atoms with van der Waals surface area (Å²) in [5.74, 6) is -0.905. The van der Waals surface area contributed by atoms with E-state index in [-0.39, 0.29) is 11.9 Å². The lowest BCUT2D eigenvalue weighted by Crippen LogP contribution is -2.33. The van der Waals surface area contributed by atoms with Gasteiger partial charge in [0.2, 0.25) is 0 Å².